The maximum Gasteiger partial charge on any atom is 0.0169 e. The van der Waals surface area contributed by atoms with Gasteiger partial charge in [-0.1, -0.05) is 59.0 Å². The number of rotatable bonds is 4. The van der Waals surface area contributed by atoms with Crippen LogP contribution < -0.4 is 0 Å². The molecule has 1 nitrogen and oxygen atoms in total. The van der Waals surface area contributed by atoms with Crippen LogP contribution in [0.1, 0.15) is 18.4 Å². The first-order chi connectivity index (χ1) is 7.90. The molecule has 2 heteroatoms. The van der Waals surface area contributed by atoms with Gasteiger partial charge in [0.2, 0.25) is 0 Å². The molecule has 1 aromatic rings. The summed E-state index contributed by atoms with van der Waals surface area (Å²) < 4.78 is 1.27. The average Bonchev–Trinajstić information content (AvgIpc) is 2.38. The number of alkyl halides is 1. The molecule has 1 heterocycles. The van der Waals surface area contributed by atoms with Crippen molar-refractivity contribution in [2.24, 2.45) is 0 Å². The van der Waals surface area contributed by atoms with E-state index in [1.54, 1.807) is 0 Å². The Balaban J connectivity index is 1.93. The fraction of sp³-hybridized carbons (Fsp3) is 0.429. The second-order valence-electron chi connectivity index (χ2n) is 4.19. The summed E-state index contributed by atoms with van der Waals surface area (Å²) in [4.78, 5) is 2.55. The molecule has 0 aromatic heterocycles. The number of benzene rings is 1. The monoisotopic (exact) mass is 327 g/mol. The smallest absolute Gasteiger partial charge is 0.0169 e. The Hall–Kier alpha value is -0.350. The molecule has 1 aromatic carbocycles. The highest BCUT2D eigenvalue weighted by Gasteiger charge is 2.11. The highest BCUT2D eigenvalue weighted by molar-refractivity contribution is 14.1. The number of hydrogen-bond donors (Lipinski definition) is 0. The molecule has 16 heavy (non-hydrogen) atoms. The lowest BCUT2D eigenvalue weighted by molar-refractivity contribution is 0.304. The fourth-order valence-electron chi connectivity index (χ4n) is 2.11. The van der Waals surface area contributed by atoms with E-state index in [0.29, 0.717) is 0 Å². The zero-order chi connectivity index (χ0) is 11.2. The molecule has 1 aliphatic rings. The van der Waals surface area contributed by atoms with Crippen molar-refractivity contribution in [1.29, 1.82) is 0 Å². The maximum atomic E-state index is 2.55. The Morgan fingerprint density at radius 2 is 2.00 bits per heavy atom. The SMILES string of the molecule is ICCCN1CC=C(c2ccccc2)CC1. The first-order valence-corrected chi connectivity index (χ1v) is 7.45. The number of hydrogen-bond acceptors (Lipinski definition) is 1. The van der Waals surface area contributed by atoms with Crippen molar-refractivity contribution in [3.63, 3.8) is 0 Å². The van der Waals surface area contributed by atoms with Gasteiger partial charge in [-0.05, 0) is 30.5 Å². The molecule has 2 rings (SSSR count). The van der Waals surface area contributed by atoms with E-state index in [2.05, 4.69) is 63.9 Å². The van der Waals surface area contributed by atoms with E-state index in [0.717, 1.165) is 6.54 Å². The standard InChI is InChI=1S/C14H18IN/c15-9-4-10-16-11-7-14(8-12-16)13-5-2-1-3-6-13/h1-3,5-7H,4,8-12H2. The highest BCUT2D eigenvalue weighted by Crippen LogP contribution is 2.21. The number of nitrogens with zero attached hydrogens (tertiary/aromatic N) is 1. The van der Waals surface area contributed by atoms with E-state index in [1.807, 2.05) is 0 Å². The Morgan fingerprint density at radius 3 is 2.62 bits per heavy atom. The van der Waals surface area contributed by atoms with E-state index >= 15 is 0 Å². The van der Waals surface area contributed by atoms with Gasteiger partial charge in [0, 0.05) is 17.5 Å². The summed E-state index contributed by atoms with van der Waals surface area (Å²) in [7, 11) is 0. The van der Waals surface area contributed by atoms with Gasteiger partial charge in [0.15, 0.2) is 0 Å². The molecule has 0 spiro atoms. The van der Waals surface area contributed by atoms with Gasteiger partial charge in [0.1, 0.15) is 0 Å². The fourth-order valence-corrected chi connectivity index (χ4v) is 2.45. The summed E-state index contributed by atoms with van der Waals surface area (Å²) >= 11 is 2.45. The Bertz CT molecular complexity index is 345. The molecule has 0 unspecified atom stereocenters. The van der Waals surface area contributed by atoms with Gasteiger partial charge in [-0.2, -0.15) is 0 Å². The summed E-state index contributed by atoms with van der Waals surface area (Å²) in [5.74, 6) is 0. The first kappa shape index (κ1) is 12.1. The van der Waals surface area contributed by atoms with Gasteiger partial charge in [0.05, 0.1) is 0 Å². The summed E-state index contributed by atoms with van der Waals surface area (Å²) in [6.07, 6.45) is 4.91. The third kappa shape index (κ3) is 3.32. The third-order valence-electron chi connectivity index (χ3n) is 3.05. The lowest BCUT2D eigenvalue weighted by Crippen LogP contribution is -2.29. The maximum absolute atomic E-state index is 2.55. The zero-order valence-corrected chi connectivity index (χ0v) is 11.7. The van der Waals surface area contributed by atoms with Crippen molar-refractivity contribution in [2.45, 2.75) is 12.8 Å². The minimum absolute atomic E-state index is 1.13. The molecule has 1 aliphatic heterocycles. The van der Waals surface area contributed by atoms with Gasteiger partial charge in [-0.25, -0.2) is 0 Å². The van der Waals surface area contributed by atoms with Crippen LogP contribution in [0.5, 0.6) is 0 Å². The molecule has 86 valence electrons. The average molecular weight is 327 g/mol. The van der Waals surface area contributed by atoms with Crippen molar-refractivity contribution in [2.75, 3.05) is 24.1 Å². The van der Waals surface area contributed by atoms with Crippen molar-refractivity contribution >= 4 is 28.2 Å². The Kier molecular flexibility index (Phi) is 4.85. The molecule has 0 saturated heterocycles. The molecule has 0 radical (unpaired) electrons. The first-order valence-electron chi connectivity index (χ1n) is 5.93. The second kappa shape index (κ2) is 6.40. The summed E-state index contributed by atoms with van der Waals surface area (Å²) in [6, 6.07) is 10.8. The lowest BCUT2D eigenvalue weighted by atomic mass is 9.99. The van der Waals surface area contributed by atoms with E-state index in [4.69, 9.17) is 0 Å². The van der Waals surface area contributed by atoms with Gasteiger partial charge < -0.3 is 0 Å². The minimum atomic E-state index is 1.13. The van der Waals surface area contributed by atoms with Gasteiger partial charge in [0.25, 0.3) is 0 Å². The van der Waals surface area contributed by atoms with Crippen molar-refractivity contribution in [3.8, 4) is 0 Å². The molecule has 0 aliphatic carbocycles. The van der Waals surface area contributed by atoms with E-state index in [-0.39, 0.29) is 0 Å². The predicted molar refractivity (Wildman–Crippen MR) is 79.0 cm³/mol. The molecule has 0 saturated carbocycles. The van der Waals surface area contributed by atoms with Crippen molar-refractivity contribution in [1.82, 2.24) is 4.90 Å². The zero-order valence-electron chi connectivity index (χ0n) is 9.53. The predicted octanol–water partition coefficient (Wildman–Crippen LogP) is 3.60. The van der Waals surface area contributed by atoms with E-state index in [1.165, 1.54) is 41.5 Å². The second-order valence-corrected chi connectivity index (χ2v) is 5.27. The van der Waals surface area contributed by atoms with Gasteiger partial charge in [-0.15, -0.1) is 0 Å². The molecular formula is C14H18IN. The van der Waals surface area contributed by atoms with Crippen LogP contribution in [0.4, 0.5) is 0 Å². The van der Waals surface area contributed by atoms with Crippen molar-refractivity contribution in [3.05, 3.63) is 42.0 Å². The van der Waals surface area contributed by atoms with Crippen LogP contribution in [0.3, 0.4) is 0 Å². The summed E-state index contributed by atoms with van der Waals surface area (Å²) in [5, 5.41) is 0. The molecule has 0 N–H and O–H groups in total. The largest absolute Gasteiger partial charge is 0.299 e. The normalized spacial score (nSPS) is 17.2. The van der Waals surface area contributed by atoms with Crippen LogP contribution in [-0.2, 0) is 0 Å². The summed E-state index contributed by atoms with van der Waals surface area (Å²) in [6.45, 7) is 3.60. The molecule has 0 amide bonds. The lowest BCUT2D eigenvalue weighted by Gasteiger charge is -2.26. The third-order valence-corrected chi connectivity index (χ3v) is 3.81. The van der Waals surface area contributed by atoms with Crippen LogP contribution in [0.2, 0.25) is 0 Å². The molecule has 0 bridgehead atoms. The molecule has 0 atom stereocenters. The number of halogens is 1. The van der Waals surface area contributed by atoms with Crippen LogP contribution in [0.25, 0.3) is 5.57 Å². The highest BCUT2D eigenvalue weighted by atomic mass is 127. The van der Waals surface area contributed by atoms with Crippen LogP contribution in [0.15, 0.2) is 36.4 Å². The van der Waals surface area contributed by atoms with Crippen molar-refractivity contribution < 1.29 is 0 Å². The topological polar surface area (TPSA) is 3.24 Å². The quantitative estimate of drug-likeness (QED) is 0.603. The van der Waals surface area contributed by atoms with E-state index in [9.17, 15) is 0 Å². The summed E-state index contributed by atoms with van der Waals surface area (Å²) in [5.41, 5.74) is 2.92. The minimum Gasteiger partial charge on any atom is -0.299 e. The van der Waals surface area contributed by atoms with Crippen LogP contribution in [-0.4, -0.2) is 29.0 Å². The Morgan fingerprint density at radius 1 is 1.19 bits per heavy atom. The van der Waals surface area contributed by atoms with E-state index < -0.39 is 0 Å². The Labute approximate surface area is 112 Å². The van der Waals surface area contributed by atoms with Crippen LogP contribution in [0, 0.1) is 0 Å². The van der Waals surface area contributed by atoms with Gasteiger partial charge >= 0.3 is 0 Å². The molecule has 0 fully saturated rings. The van der Waals surface area contributed by atoms with Crippen LogP contribution >= 0.6 is 22.6 Å². The molecular weight excluding hydrogens is 309 g/mol. The van der Waals surface area contributed by atoms with Gasteiger partial charge in [-0.3, -0.25) is 4.90 Å².